The van der Waals surface area contributed by atoms with Gasteiger partial charge >= 0.3 is 0 Å². The van der Waals surface area contributed by atoms with Crippen molar-refractivity contribution < 1.29 is 4.39 Å². The first-order valence-corrected chi connectivity index (χ1v) is 5.32. The van der Waals surface area contributed by atoms with Crippen LogP contribution < -0.4 is 5.32 Å². The van der Waals surface area contributed by atoms with Gasteiger partial charge in [-0.05, 0) is 17.7 Å². The van der Waals surface area contributed by atoms with Crippen molar-refractivity contribution in [3.8, 4) is 0 Å². The summed E-state index contributed by atoms with van der Waals surface area (Å²) < 4.78 is 12.7. The molecule has 0 amide bonds. The van der Waals surface area contributed by atoms with Crippen LogP contribution in [0.15, 0.2) is 24.3 Å². The van der Waals surface area contributed by atoms with Gasteiger partial charge in [-0.3, -0.25) is 0 Å². The third-order valence-corrected chi connectivity index (χ3v) is 2.23. The normalized spacial score (nSPS) is 11.5. The lowest BCUT2D eigenvalue weighted by molar-refractivity contribution is 0.628. The van der Waals surface area contributed by atoms with Gasteiger partial charge in [0.1, 0.15) is 5.82 Å². The van der Waals surface area contributed by atoms with Crippen LogP contribution in [0, 0.1) is 5.82 Å². The molecule has 3 heteroatoms. The third kappa shape index (κ3) is 4.45. The van der Waals surface area contributed by atoms with Crippen molar-refractivity contribution >= 4 is 17.7 Å². The zero-order chi connectivity index (χ0) is 11.3. The Morgan fingerprint density at radius 1 is 1.47 bits per heavy atom. The summed E-state index contributed by atoms with van der Waals surface area (Å²) in [4.78, 5) is 0. The standard InChI is InChI=1S/C12H15ClFN/c1-9(2)15-7-3-4-10-5-6-11(14)8-12(10)13/h3-6,8-9,15H,7H2,1-2H3/b4-3+. The van der Waals surface area contributed by atoms with E-state index in [1.165, 1.54) is 12.1 Å². The van der Waals surface area contributed by atoms with E-state index in [4.69, 9.17) is 11.6 Å². The minimum Gasteiger partial charge on any atom is -0.311 e. The molecule has 0 fully saturated rings. The van der Waals surface area contributed by atoms with Crippen LogP contribution in [-0.2, 0) is 0 Å². The topological polar surface area (TPSA) is 12.0 Å². The SMILES string of the molecule is CC(C)NC/C=C/c1ccc(F)cc1Cl. The predicted octanol–water partition coefficient (Wildman–Crippen LogP) is 3.49. The molecule has 0 aromatic heterocycles. The minimum atomic E-state index is -0.308. The molecule has 82 valence electrons. The molecule has 0 spiro atoms. The van der Waals surface area contributed by atoms with Crippen LogP contribution in [0.5, 0.6) is 0 Å². The van der Waals surface area contributed by atoms with E-state index in [9.17, 15) is 4.39 Å². The van der Waals surface area contributed by atoms with Crippen LogP contribution in [0.4, 0.5) is 4.39 Å². The van der Waals surface area contributed by atoms with E-state index < -0.39 is 0 Å². The fourth-order valence-corrected chi connectivity index (χ4v) is 1.36. The first-order chi connectivity index (χ1) is 7.09. The van der Waals surface area contributed by atoms with Crippen molar-refractivity contribution in [2.24, 2.45) is 0 Å². The molecule has 0 aliphatic heterocycles. The van der Waals surface area contributed by atoms with E-state index in [2.05, 4.69) is 19.2 Å². The van der Waals surface area contributed by atoms with E-state index in [1.807, 2.05) is 12.2 Å². The van der Waals surface area contributed by atoms with Crippen LogP contribution in [0.25, 0.3) is 6.08 Å². The summed E-state index contributed by atoms with van der Waals surface area (Å²) in [5, 5.41) is 3.68. The summed E-state index contributed by atoms with van der Waals surface area (Å²) >= 11 is 5.86. The Bertz CT molecular complexity index is 347. The van der Waals surface area contributed by atoms with Gasteiger partial charge < -0.3 is 5.32 Å². The van der Waals surface area contributed by atoms with Crippen molar-refractivity contribution in [2.45, 2.75) is 19.9 Å². The lowest BCUT2D eigenvalue weighted by atomic mass is 10.2. The highest BCUT2D eigenvalue weighted by Crippen LogP contribution is 2.18. The second kappa shape index (κ2) is 5.89. The summed E-state index contributed by atoms with van der Waals surface area (Å²) in [7, 11) is 0. The van der Waals surface area contributed by atoms with Crippen LogP contribution in [0.1, 0.15) is 19.4 Å². The smallest absolute Gasteiger partial charge is 0.124 e. The molecule has 1 nitrogen and oxygen atoms in total. The van der Waals surface area contributed by atoms with E-state index in [1.54, 1.807) is 6.07 Å². The van der Waals surface area contributed by atoms with Crippen LogP contribution in [0.2, 0.25) is 5.02 Å². The maximum atomic E-state index is 12.7. The molecule has 0 atom stereocenters. The van der Waals surface area contributed by atoms with Crippen molar-refractivity contribution in [2.75, 3.05) is 6.54 Å². The van der Waals surface area contributed by atoms with Crippen molar-refractivity contribution in [1.82, 2.24) is 5.32 Å². The summed E-state index contributed by atoms with van der Waals surface area (Å²) in [6.45, 7) is 4.95. The van der Waals surface area contributed by atoms with Crippen molar-refractivity contribution in [3.05, 3.63) is 40.7 Å². The Hall–Kier alpha value is -0.860. The lowest BCUT2D eigenvalue weighted by Crippen LogP contribution is -2.22. The summed E-state index contributed by atoms with van der Waals surface area (Å²) in [6, 6.07) is 4.85. The summed E-state index contributed by atoms with van der Waals surface area (Å²) in [5.41, 5.74) is 0.837. The molecule has 0 aliphatic carbocycles. The molecule has 0 saturated carbocycles. The zero-order valence-electron chi connectivity index (χ0n) is 8.93. The largest absolute Gasteiger partial charge is 0.311 e. The Morgan fingerprint density at radius 2 is 2.20 bits per heavy atom. The zero-order valence-corrected chi connectivity index (χ0v) is 9.68. The number of rotatable bonds is 4. The highest BCUT2D eigenvalue weighted by molar-refractivity contribution is 6.32. The minimum absolute atomic E-state index is 0.308. The van der Waals surface area contributed by atoms with Gasteiger partial charge in [-0.25, -0.2) is 4.39 Å². The highest BCUT2D eigenvalue weighted by atomic mass is 35.5. The van der Waals surface area contributed by atoms with E-state index in [0.717, 1.165) is 12.1 Å². The van der Waals surface area contributed by atoms with Crippen LogP contribution in [0.3, 0.4) is 0 Å². The first-order valence-electron chi connectivity index (χ1n) is 4.94. The molecule has 0 unspecified atom stereocenters. The van der Waals surface area contributed by atoms with Crippen molar-refractivity contribution in [1.29, 1.82) is 0 Å². The van der Waals surface area contributed by atoms with Gasteiger partial charge in [0, 0.05) is 12.6 Å². The van der Waals surface area contributed by atoms with Gasteiger partial charge in [0.05, 0.1) is 5.02 Å². The quantitative estimate of drug-likeness (QED) is 0.831. The van der Waals surface area contributed by atoms with Gasteiger partial charge in [0.25, 0.3) is 0 Å². The first kappa shape index (κ1) is 12.2. The van der Waals surface area contributed by atoms with E-state index in [-0.39, 0.29) is 5.82 Å². The number of nitrogens with one attached hydrogen (secondary N) is 1. The number of hydrogen-bond acceptors (Lipinski definition) is 1. The second-order valence-corrected chi connectivity index (χ2v) is 4.04. The fraction of sp³-hybridized carbons (Fsp3) is 0.333. The maximum absolute atomic E-state index is 12.7. The second-order valence-electron chi connectivity index (χ2n) is 3.63. The summed E-state index contributed by atoms with van der Waals surface area (Å²) in [6.07, 6.45) is 3.86. The molecule has 1 rings (SSSR count). The van der Waals surface area contributed by atoms with E-state index >= 15 is 0 Å². The van der Waals surface area contributed by atoms with Crippen molar-refractivity contribution in [3.63, 3.8) is 0 Å². The number of halogens is 2. The maximum Gasteiger partial charge on any atom is 0.124 e. The molecule has 1 N–H and O–H groups in total. The Morgan fingerprint density at radius 3 is 2.80 bits per heavy atom. The monoisotopic (exact) mass is 227 g/mol. The molecule has 15 heavy (non-hydrogen) atoms. The average molecular weight is 228 g/mol. The predicted molar refractivity (Wildman–Crippen MR) is 63.6 cm³/mol. The molecule has 0 radical (unpaired) electrons. The van der Waals surface area contributed by atoms with Gasteiger partial charge in [0.15, 0.2) is 0 Å². The van der Waals surface area contributed by atoms with E-state index in [0.29, 0.717) is 11.1 Å². The highest BCUT2D eigenvalue weighted by Gasteiger charge is 1.97. The van der Waals surface area contributed by atoms with Gasteiger partial charge in [-0.2, -0.15) is 0 Å². The Balaban J connectivity index is 2.57. The molecule has 1 aromatic carbocycles. The van der Waals surface area contributed by atoms with Gasteiger partial charge in [-0.1, -0.05) is 43.7 Å². The molecule has 0 bridgehead atoms. The molecular weight excluding hydrogens is 213 g/mol. The molecule has 0 saturated heterocycles. The number of benzene rings is 1. The Labute approximate surface area is 95.0 Å². The average Bonchev–Trinajstić information content (AvgIpc) is 2.14. The molecule has 0 heterocycles. The fourth-order valence-electron chi connectivity index (χ4n) is 1.13. The van der Waals surface area contributed by atoms with Gasteiger partial charge in [0.2, 0.25) is 0 Å². The van der Waals surface area contributed by atoms with Gasteiger partial charge in [-0.15, -0.1) is 0 Å². The van der Waals surface area contributed by atoms with Crippen LogP contribution in [-0.4, -0.2) is 12.6 Å². The third-order valence-electron chi connectivity index (χ3n) is 1.90. The lowest BCUT2D eigenvalue weighted by Gasteiger charge is -2.03. The number of hydrogen-bond donors (Lipinski definition) is 1. The van der Waals surface area contributed by atoms with Crippen LogP contribution >= 0.6 is 11.6 Å². The molecule has 1 aromatic rings. The molecular formula is C12H15ClFN. The Kier molecular flexibility index (Phi) is 4.79. The molecule has 0 aliphatic rings. The summed E-state index contributed by atoms with van der Waals surface area (Å²) in [5.74, 6) is -0.308.